The minimum Gasteiger partial charge on any atom is -0.494 e. The van der Waals surface area contributed by atoms with Gasteiger partial charge in [-0.1, -0.05) is 44.0 Å². The maximum atomic E-state index is 13.8. The van der Waals surface area contributed by atoms with E-state index >= 15 is 0 Å². The van der Waals surface area contributed by atoms with Crippen LogP contribution in [0.4, 0.5) is 5.69 Å². The molecule has 202 valence electrons. The number of nitrogens with zero attached hydrogens (tertiary/aromatic N) is 2. The van der Waals surface area contributed by atoms with E-state index in [-0.39, 0.29) is 17.3 Å². The molecule has 0 bridgehead atoms. The number of halogens is 2. The highest BCUT2D eigenvalue weighted by molar-refractivity contribution is 9.10. The molecular weight excluding hydrogens is 638 g/mol. The van der Waals surface area contributed by atoms with Gasteiger partial charge in [-0.2, -0.15) is 0 Å². The van der Waals surface area contributed by atoms with E-state index in [2.05, 4.69) is 37.2 Å². The van der Waals surface area contributed by atoms with Gasteiger partial charge >= 0.3 is 0 Å². The summed E-state index contributed by atoms with van der Waals surface area (Å²) in [5.41, 5.74) is 1.08. The van der Waals surface area contributed by atoms with E-state index in [1.54, 1.807) is 43.3 Å². The largest absolute Gasteiger partial charge is 0.494 e. The highest BCUT2D eigenvalue weighted by Gasteiger charge is 2.32. The summed E-state index contributed by atoms with van der Waals surface area (Å²) in [7, 11) is -2.65. The second-order valence-corrected chi connectivity index (χ2v) is 12.0. The lowest BCUT2D eigenvalue weighted by Gasteiger charge is -2.31. The number of likely N-dealkylation sites (N-methyl/N-ethyl adjacent to an activating group) is 1. The molecule has 1 N–H and O–H groups in total. The fourth-order valence-corrected chi connectivity index (χ4v) is 5.66. The molecule has 0 aliphatic heterocycles. The Balaban J connectivity index is 2.02. The van der Waals surface area contributed by atoms with Crippen molar-refractivity contribution < 1.29 is 22.7 Å². The van der Waals surface area contributed by atoms with Crippen molar-refractivity contribution in [2.75, 3.05) is 24.5 Å². The Hall–Kier alpha value is -2.89. The maximum absolute atomic E-state index is 13.8. The van der Waals surface area contributed by atoms with Gasteiger partial charge in [0.05, 0.1) is 17.2 Å². The zero-order chi connectivity index (χ0) is 27.9. The fourth-order valence-electron chi connectivity index (χ4n) is 3.72. The second-order valence-electron chi connectivity index (χ2n) is 8.33. The molecule has 38 heavy (non-hydrogen) atoms. The van der Waals surface area contributed by atoms with Crippen LogP contribution in [0.15, 0.2) is 86.6 Å². The topological polar surface area (TPSA) is 96.0 Å². The van der Waals surface area contributed by atoms with Crippen LogP contribution < -0.4 is 14.4 Å². The molecule has 2 amide bonds. The Kier molecular flexibility index (Phi) is 10.3. The average Bonchev–Trinajstić information content (AvgIpc) is 2.91. The Morgan fingerprint density at radius 3 is 2.00 bits per heavy atom. The first-order valence-corrected chi connectivity index (χ1v) is 14.9. The summed E-state index contributed by atoms with van der Waals surface area (Å²) in [4.78, 5) is 27.7. The average molecular weight is 667 g/mol. The minimum atomic E-state index is -4.14. The summed E-state index contributed by atoms with van der Waals surface area (Å²) in [6, 6.07) is 19.2. The predicted octanol–water partition coefficient (Wildman–Crippen LogP) is 4.97. The van der Waals surface area contributed by atoms with Gasteiger partial charge in [0.15, 0.2) is 0 Å². The minimum absolute atomic E-state index is 0.0289. The molecule has 1 atom stereocenters. The monoisotopic (exact) mass is 665 g/mol. The number of rotatable bonds is 11. The molecule has 3 rings (SSSR count). The van der Waals surface area contributed by atoms with Crippen LogP contribution in [0.3, 0.4) is 0 Å². The van der Waals surface area contributed by atoms with Gasteiger partial charge in [-0.05, 0) is 80.1 Å². The van der Waals surface area contributed by atoms with Crippen molar-refractivity contribution in [3.63, 3.8) is 0 Å². The van der Waals surface area contributed by atoms with Crippen LogP contribution in [-0.4, -0.2) is 51.4 Å². The van der Waals surface area contributed by atoms with Crippen molar-refractivity contribution in [1.29, 1.82) is 0 Å². The van der Waals surface area contributed by atoms with Crippen molar-refractivity contribution in [3.05, 3.63) is 87.3 Å². The van der Waals surface area contributed by atoms with Gasteiger partial charge < -0.3 is 15.0 Å². The van der Waals surface area contributed by atoms with Crippen molar-refractivity contribution in [1.82, 2.24) is 10.2 Å². The molecule has 11 heteroatoms. The van der Waals surface area contributed by atoms with Crippen molar-refractivity contribution in [2.24, 2.45) is 0 Å². The van der Waals surface area contributed by atoms with Crippen LogP contribution in [0.25, 0.3) is 0 Å². The third-order valence-corrected chi connectivity index (χ3v) is 8.64. The number of hydrogen-bond acceptors (Lipinski definition) is 5. The van der Waals surface area contributed by atoms with Gasteiger partial charge in [-0.25, -0.2) is 8.42 Å². The maximum Gasteiger partial charge on any atom is 0.264 e. The molecule has 0 saturated heterocycles. The summed E-state index contributed by atoms with van der Waals surface area (Å²) in [5.74, 6) is -0.314. The van der Waals surface area contributed by atoms with E-state index in [4.69, 9.17) is 4.74 Å². The van der Waals surface area contributed by atoms with Crippen molar-refractivity contribution in [2.45, 2.75) is 31.3 Å². The molecular formula is C27H29Br2N3O5S. The van der Waals surface area contributed by atoms with Gasteiger partial charge in [0, 0.05) is 22.5 Å². The van der Waals surface area contributed by atoms with E-state index in [0.29, 0.717) is 18.0 Å². The number of ether oxygens (including phenoxy) is 1. The third-order valence-electron chi connectivity index (χ3n) is 5.80. The zero-order valence-corrected chi connectivity index (χ0v) is 25.2. The summed E-state index contributed by atoms with van der Waals surface area (Å²) in [6.45, 7) is 3.53. The number of sulfonamides is 1. The fraction of sp³-hybridized carbons (Fsp3) is 0.259. The van der Waals surface area contributed by atoms with E-state index < -0.39 is 28.5 Å². The van der Waals surface area contributed by atoms with E-state index in [1.807, 2.05) is 31.2 Å². The van der Waals surface area contributed by atoms with E-state index in [9.17, 15) is 18.0 Å². The molecule has 0 aliphatic carbocycles. The van der Waals surface area contributed by atoms with Gasteiger partial charge in [-0.3, -0.25) is 13.9 Å². The lowest BCUT2D eigenvalue weighted by atomic mass is 10.1. The number of carbonyl (C=O) groups excluding carboxylic acids is 2. The summed E-state index contributed by atoms with van der Waals surface area (Å²) in [6.07, 6.45) is 0. The first kappa shape index (κ1) is 29.7. The SMILES string of the molecule is CCOc1ccc(N(CC(=O)N(Cc2ccc(Br)cc2)[C@@H](C)C(=O)NC)S(=O)(=O)c2ccc(Br)cc2)cc1. The molecule has 0 radical (unpaired) electrons. The number of hydrogen-bond donors (Lipinski definition) is 1. The van der Waals surface area contributed by atoms with Crippen molar-refractivity contribution in [3.8, 4) is 5.75 Å². The Labute approximate surface area is 240 Å². The lowest BCUT2D eigenvalue weighted by molar-refractivity contribution is -0.139. The predicted molar refractivity (Wildman–Crippen MR) is 155 cm³/mol. The summed E-state index contributed by atoms with van der Waals surface area (Å²) in [5, 5.41) is 2.57. The van der Waals surface area contributed by atoms with E-state index in [1.165, 1.54) is 24.1 Å². The van der Waals surface area contributed by atoms with E-state index in [0.717, 1.165) is 18.8 Å². The molecule has 0 aliphatic rings. The highest BCUT2D eigenvalue weighted by Crippen LogP contribution is 2.27. The van der Waals surface area contributed by atoms with Gasteiger partial charge in [-0.15, -0.1) is 0 Å². The molecule has 0 spiro atoms. The Morgan fingerprint density at radius 2 is 1.47 bits per heavy atom. The molecule has 0 heterocycles. The van der Waals surface area contributed by atoms with Crippen LogP contribution in [0.1, 0.15) is 19.4 Å². The summed E-state index contributed by atoms with van der Waals surface area (Å²) >= 11 is 6.72. The Bertz CT molecular complexity index is 1350. The standard InChI is InChI=1S/C27H29Br2N3O5S/c1-4-37-24-13-11-23(12-14-24)32(38(35,36)25-15-9-22(29)10-16-25)18-26(33)31(19(2)27(34)30-3)17-20-5-7-21(28)8-6-20/h5-16,19H,4,17-18H2,1-3H3,(H,30,34)/t19-/m0/s1. The molecule has 3 aromatic rings. The van der Waals surface area contributed by atoms with Gasteiger partial charge in [0.25, 0.3) is 10.0 Å². The molecule has 0 saturated carbocycles. The van der Waals surface area contributed by atoms with Crippen LogP contribution in [-0.2, 0) is 26.2 Å². The first-order valence-electron chi connectivity index (χ1n) is 11.8. The summed E-state index contributed by atoms with van der Waals surface area (Å²) < 4.78 is 35.7. The number of amides is 2. The highest BCUT2D eigenvalue weighted by atomic mass is 79.9. The van der Waals surface area contributed by atoms with Crippen molar-refractivity contribution >= 4 is 59.4 Å². The van der Waals surface area contributed by atoms with Crippen LogP contribution in [0.2, 0.25) is 0 Å². The number of benzene rings is 3. The third kappa shape index (κ3) is 7.36. The quantitative estimate of drug-likeness (QED) is 0.312. The Morgan fingerprint density at radius 1 is 0.921 bits per heavy atom. The van der Waals surface area contributed by atoms with Crippen LogP contribution >= 0.6 is 31.9 Å². The van der Waals surface area contributed by atoms with Crippen LogP contribution in [0.5, 0.6) is 5.75 Å². The molecule has 0 aromatic heterocycles. The smallest absolute Gasteiger partial charge is 0.264 e. The molecule has 0 fully saturated rings. The lowest BCUT2D eigenvalue weighted by Crippen LogP contribution is -2.50. The second kappa shape index (κ2) is 13.3. The molecule has 8 nitrogen and oxygen atoms in total. The van der Waals surface area contributed by atoms with Gasteiger partial charge in [0.1, 0.15) is 18.3 Å². The normalized spacial score (nSPS) is 11.9. The molecule has 3 aromatic carbocycles. The zero-order valence-electron chi connectivity index (χ0n) is 21.2. The number of carbonyl (C=O) groups is 2. The molecule has 0 unspecified atom stereocenters. The number of nitrogens with one attached hydrogen (secondary N) is 1. The number of anilines is 1. The van der Waals surface area contributed by atoms with Gasteiger partial charge in [0.2, 0.25) is 11.8 Å². The first-order chi connectivity index (χ1) is 18.1. The van der Waals surface area contributed by atoms with Crippen LogP contribution in [0, 0.1) is 0 Å².